The summed E-state index contributed by atoms with van der Waals surface area (Å²) in [5, 5.41) is 3.40. The Bertz CT molecular complexity index is 344. The lowest BCUT2D eigenvalue weighted by atomic mass is 10.1. The van der Waals surface area contributed by atoms with E-state index in [2.05, 4.69) is 39.9 Å². The quantitative estimate of drug-likeness (QED) is 0.735. The Morgan fingerprint density at radius 2 is 1.89 bits per heavy atom. The number of nitrogens with one attached hydrogen (secondary N) is 1. The molecule has 19 heavy (non-hydrogen) atoms. The first-order valence-corrected chi connectivity index (χ1v) is 7.36. The molecular weight excluding hydrogens is 238 g/mol. The van der Waals surface area contributed by atoms with Gasteiger partial charge >= 0.3 is 0 Å². The van der Waals surface area contributed by atoms with Gasteiger partial charge in [-0.25, -0.2) is 0 Å². The van der Waals surface area contributed by atoms with Crippen molar-refractivity contribution in [3.63, 3.8) is 0 Å². The Hall–Kier alpha value is -0.800. The molecule has 1 rings (SSSR count). The zero-order chi connectivity index (χ0) is 14.3. The summed E-state index contributed by atoms with van der Waals surface area (Å²) >= 11 is 0. The highest BCUT2D eigenvalue weighted by atomic mass is 16.5. The number of hydrogen-bond acceptors (Lipinski definition) is 3. The van der Waals surface area contributed by atoms with Crippen molar-refractivity contribution < 1.29 is 9.15 Å². The predicted octanol–water partition coefficient (Wildman–Crippen LogP) is 3.98. The Morgan fingerprint density at radius 3 is 2.53 bits per heavy atom. The number of furan rings is 1. The zero-order valence-corrected chi connectivity index (χ0v) is 13.0. The van der Waals surface area contributed by atoms with Crippen molar-refractivity contribution in [2.45, 2.75) is 60.3 Å². The smallest absolute Gasteiger partial charge is 0.123 e. The fourth-order valence-corrected chi connectivity index (χ4v) is 2.09. The molecule has 0 bridgehead atoms. The summed E-state index contributed by atoms with van der Waals surface area (Å²) in [6.45, 7) is 13.4. The second-order valence-corrected chi connectivity index (χ2v) is 6.14. The van der Waals surface area contributed by atoms with Crippen molar-refractivity contribution in [2.24, 2.45) is 11.8 Å². The third kappa shape index (κ3) is 6.79. The van der Waals surface area contributed by atoms with E-state index in [0.29, 0.717) is 24.5 Å². The first-order valence-electron chi connectivity index (χ1n) is 7.36. The van der Waals surface area contributed by atoms with Crippen LogP contribution in [0.1, 0.15) is 52.4 Å². The van der Waals surface area contributed by atoms with Crippen molar-refractivity contribution in [3.05, 3.63) is 23.7 Å². The van der Waals surface area contributed by atoms with Crippen LogP contribution in [0.3, 0.4) is 0 Å². The maximum Gasteiger partial charge on any atom is 0.123 e. The molecule has 0 saturated heterocycles. The molecule has 0 amide bonds. The topological polar surface area (TPSA) is 34.4 Å². The molecule has 0 aliphatic heterocycles. The first kappa shape index (κ1) is 16.3. The summed E-state index contributed by atoms with van der Waals surface area (Å²) in [5.41, 5.74) is 1.16. The summed E-state index contributed by atoms with van der Waals surface area (Å²) < 4.78 is 11.4. The van der Waals surface area contributed by atoms with Crippen LogP contribution in [-0.4, -0.2) is 12.6 Å². The van der Waals surface area contributed by atoms with Gasteiger partial charge in [-0.15, -0.1) is 0 Å². The van der Waals surface area contributed by atoms with Gasteiger partial charge in [-0.2, -0.15) is 0 Å². The molecule has 0 spiro atoms. The normalized spacial score (nSPS) is 13.4. The van der Waals surface area contributed by atoms with Gasteiger partial charge < -0.3 is 14.5 Å². The van der Waals surface area contributed by atoms with Crippen molar-refractivity contribution in [2.75, 3.05) is 6.54 Å². The third-order valence-electron chi connectivity index (χ3n) is 3.00. The molecule has 0 aromatic carbocycles. The highest BCUT2D eigenvalue weighted by Gasteiger charge is 2.10. The largest absolute Gasteiger partial charge is 0.468 e. The van der Waals surface area contributed by atoms with Gasteiger partial charge in [0.05, 0.1) is 25.5 Å². The van der Waals surface area contributed by atoms with Crippen LogP contribution in [-0.2, 0) is 17.9 Å². The molecule has 1 unspecified atom stereocenters. The second kappa shape index (κ2) is 8.39. The third-order valence-corrected chi connectivity index (χ3v) is 3.00. The molecule has 1 atom stereocenters. The SMILES string of the molecule is CC(C)CNCc1occc1COC(C)CC(C)C. The minimum atomic E-state index is 0.298. The molecule has 110 valence electrons. The Morgan fingerprint density at radius 1 is 1.16 bits per heavy atom. The highest BCUT2D eigenvalue weighted by molar-refractivity contribution is 5.15. The summed E-state index contributed by atoms with van der Waals surface area (Å²) in [4.78, 5) is 0. The Kier molecular flexibility index (Phi) is 7.17. The Labute approximate surface area is 117 Å². The maximum absolute atomic E-state index is 5.88. The predicted molar refractivity (Wildman–Crippen MR) is 79.0 cm³/mol. The van der Waals surface area contributed by atoms with Gasteiger partial charge in [-0.1, -0.05) is 27.7 Å². The van der Waals surface area contributed by atoms with E-state index in [9.17, 15) is 0 Å². The fraction of sp³-hybridized carbons (Fsp3) is 0.750. The molecule has 0 fully saturated rings. The minimum absolute atomic E-state index is 0.298. The van der Waals surface area contributed by atoms with Gasteiger partial charge in [0.2, 0.25) is 0 Å². The van der Waals surface area contributed by atoms with E-state index < -0.39 is 0 Å². The van der Waals surface area contributed by atoms with Crippen LogP contribution in [0.2, 0.25) is 0 Å². The van der Waals surface area contributed by atoms with Gasteiger partial charge in [-0.3, -0.25) is 0 Å². The molecular formula is C16H29NO2. The van der Waals surface area contributed by atoms with Crippen molar-refractivity contribution in [3.8, 4) is 0 Å². The van der Waals surface area contributed by atoms with Crippen LogP contribution in [0.4, 0.5) is 0 Å². The molecule has 1 N–H and O–H groups in total. The van der Waals surface area contributed by atoms with E-state index in [1.807, 2.05) is 6.07 Å². The van der Waals surface area contributed by atoms with Crippen LogP contribution in [0.25, 0.3) is 0 Å². The van der Waals surface area contributed by atoms with Crippen LogP contribution in [0.15, 0.2) is 16.7 Å². The summed E-state index contributed by atoms with van der Waals surface area (Å²) in [5.74, 6) is 2.32. The monoisotopic (exact) mass is 267 g/mol. The van der Waals surface area contributed by atoms with Crippen LogP contribution >= 0.6 is 0 Å². The Balaban J connectivity index is 2.35. The van der Waals surface area contributed by atoms with E-state index in [4.69, 9.17) is 9.15 Å². The molecule has 1 aromatic heterocycles. The summed E-state index contributed by atoms with van der Waals surface area (Å²) in [6, 6.07) is 2.01. The van der Waals surface area contributed by atoms with Gasteiger partial charge in [-0.05, 0) is 37.8 Å². The number of hydrogen-bond donors (Lipinski definition) is 1. The minimum Gasteiger partial charge on any atom is -0.468 e. The zero-order valence-electron chi connectivity index (χ0n) is 13.0. The lowest BCUT2D eigenvalue weighted by Crippen LogP contribution is -2.19. The molecule has 0 aliphatic carbocycles. The standard InChI is InChI=1S/C16H29NO2/c1-12(2)8-14(5)19-11-15-6-7-18-16(15)10-17-9-13(3)4/h6-7,12-14,17H,8-11H2,1-5H3. The second-order valence-electron chi connectivity index (χ2n) is 6.14. The van der Waals surface area contributed by atoms with E-state index >= 15 is 0 Å². The van der Waals surface area contributed by atoms with E-state index in [1.54, 1.807) is 6.26 Å². The van der Waals surface area contributed by atoms with Gasteiger partial charge in [0, 0.05) is 5.56 Å². The molecule has 3 nitrogen and oxygen atoms in total. The van der Waals surface area contributed by atoms with Crippen LogP contribution in [0.5, 0.6) is 0 Å². The van der Waals surface area contributed by atoms with Crippen LogP contribution < -0.4 is 5.32 Å². The lowest BCUT2D eigenvalue weighted by Gasteiger charge is -2.15. The van der Waals surface area contributed by atoms with E-state index in [1.165, 1.54) is 0 Å². The van der Waals surface area contributed by atoms with Gasteiger partial charge in [0.15, 0.2) is 0 Å². The summed E-state index contributed by atoms with van der Waals surface area (Å²) in [6.07, 6.45) is 3.14. The fourth-order valence-electron chi connectivity index (χ4n) is 2.09. The van der Waals surface area contributed by atoms with Crippen molar-refractivity contribution in [1.82, 2.24) is 5.32 Å². The van der Waals surface area contributed by atoms with Crippen molar-refractivity contribution in [1.29, 1.82) is 0 Å². The number of ether oxygens (including phenoxy) is 1. The molecule has 3 heteroatoms. The average molecular weight is 267 g/mol. The summed E-state index contributed by atoms with van der Waals surface area (Å²) in [7, 11) is 0. The molecule has 0 radical (unpaired) electrons. The van der Waals surface area contributed by atoms with Gasteiger partial charge in [0.25, 0.3) is 0 Å². The highest BCUT2D eigenvalue weighted by Crippen LogP contribution is 2.15. The van der Waals surface area contributed by atoms with E-state index in [-0.39, 0.29) is 0 Å². The van der Waals surface area contributed by atoms with E-state index in [0.717, 1.165) is 30.8 Å². The number of rotatable bonds is 9. The van der Waals surface area contributed by atoms with Crippen LogP contribution in [0, 0.1) is 11.8 Å². The average Bonchev–Trinajstić information content (AvgIpc) is 2.72. The molecule has 0 aliphatic rings. The maximum atomic E-state index is 5.88. The molecule has 0 saturated carbocycles. The molecule has 1 aromatic rings. The first-order chi connectivity index (χ1) is 8.99. The van der Waals surface area contributed by atoms with Gasteiger partial charge in [0.1, 0.15) is 5.76 Å². The molecule has 1 heterocycles. The van der Waals surface area contributed by atoms with Crippen molar-refractivity contribution >= 4 is 0 Å². The lowest BCUT2D eigenvalue weighted by molar-refractivity contribution is 0.0389.